The van der Waals surface area contributed by atoms with E-state index in [0.29, 0.717) is 6.67 Å². The minimum Gasteiger partial charge on any atom is -0.286 e. The van der Waals surface area contributed by atoms with E-state index in [1.807, 2.05) is 31.2 Å². The second kappa shape index (κ2) is 6.08. The third kappa shape index (κ3) is 2.73. The zero-order valence-electron chi connectivity index (χ0n) is 13.3. The normalized spacial score (nSPS) is 23.5. The van der Waals surface area contributed by atoms with Crippen molar-refractivity contribution in [3.63, 3.8) is 0 Å². The highest BCUT2D eigenvalue weighted by Crippen LogP contribution is 2.26. The van der Waals surface area contributed by atoms with E-state index in [1.54, 1.807) is 11.8 Å². The zero-order valence-corrected chi connectivity index (χ0v) is 13.3. The van der Waals surface area contributed by atoms with Gasteiger partial charge in [0.05, 0.1) is 6.67 Å². The second-order valence-corrected chi connectivity index (χ2v) is 6.25. The summed E-state index contributed by atoms with van der Waals surface area (Å²) in [4.78, 5) is 30.4. The highest BCUT2D eigenvalue weighted by molar-refractivity contribution is 6.14. The largest absolute Gasteiger partial charge is 0.333 e. The standard InChI is InChI=1S/C17H23N3O2/c1-13-6-8-15(9-7-13)20-14(2)16(21)19(17(20)22)12-18-10-4-3-5-11-18/h6-9,14H,3-5,10-12H2,1-2H3/t14-/m1/s1. The number of hydrogen-bond acceptors (Lipinski definition) is 3. The molecule has 0 N–H and O–H groups in total. The fraction of sp³-hybridized carbons (Fsp3) is 0.529. The third-order valence-corrected chi connectivity index (χ3v) is 4.55. The maximum atomic E-state index is 12.7. The van der Waals surface area contributed by atoms with Crippen LogP contribution >= 0.6 is 0 Å². The van der Waals surface area contributed by atoms with Gasteiger partial charge >= 0.3 is 6.03 Å². The number of likely N-dealkylation sites (tertiary alicyclic amines) is 1. The van der Waals surface area contributed by atoms with Gasteiger partial charge in [0.25, 0.3) is 5.91 Å². The van der Waals surface area contributed by atoms with Gasteiger partial charge in [-0.1, -0.05) is 24.1 Å². The Kier molecular flexibility index (Phi) is 4.16. The van der Waals surface area contributed by atoms with Crippen molar-refractivity contribution in [2.75, 3.05) is 24.7 Å². The summed E-state index contributed by atoms with van der Waals surface area (Å²) in [6.07, 6.45) is 3.53. The van der Waals surface area contributed by atoms with Gasteiger partial charge in [0.2, 0.25) is 0 Å². The van der Waals surface area contributed by atoms with Crippen LogP contribution in [0.15, 0.2) is 24.3 Å². The Balaban J connectivity index is 1.77. The molecule has 22 heavy (non-hydrogen) atoms. The van der Waals surface area contributed by atoms with Crippen molar-refractivity contribution in [1.82, 2.24) is 9.80 Å². The first-order valence-electron chi connectivity index (χ1n) is 8.01. The predicted octanol–water partition coefficient (Wildman–Crippen LogP) is 2.60. The van der Waals surface area contributed by atoms with Crippen molar-refractivity contribution in [1.29, 1.82) is 0 Å². The van der Waals surface area contributed by atoms with Crippen LogP contribution < -0.4 is 4.90 Å². The van der Waals surface area contributed by atoms with E-state index in [1.165, 1.54) is 11.3 Å². The van der Waals surface area contributed by atoms with Crippen LogP contribution in [0.25, 0.3) is 0 Å². The van der Waals surface area contributed by atoms with Crippen molar-refractivity contribution < 1.29 is 9.59 Å². The summed E-state index contributed by atoms with van der Waals surface area (Å²) in [5, 5.41) is 0. The molecule has 2 saturated heterocycles. The van der Waals surface area contributed by atoms with E-state index in [0.717, 1.165) is 37.2 Å². The Morgan fingerprint density at radius 3 is 2.32 bits per heavy atom. The third-order valence-electron chi connectivity index (χ3n) is 4.55. The number of carbonyl (C=O) groups is 2. The first kappa shape index (κ1) is 15.0. The molecular formula is C17H23N3O2. The summed E-state index contributed by atoms with van der Waals surface area (Å²) in [5.41, 5.74) is 1.93. The fourth-order valence-electron chi connectivity index (χ4n) is 3.20. The summed E-state index contributed by atoms with van der Waals surface area (Å²) in [6.45, 7) is 6.17. The molecule has 0 radical (unpaired) electrons. The number of imide groups is 1. The number of anilines is 1. The molecule has 2 aliphatic heterocycles. The molecule has 0 spiro atoms. The Morgan fingerprint density at radius 1 is 1.05 bits per heavy atom. The maximum Gasteiger partial charge on any atom is 0.333 e. The first-order valence-corrected chi connectivity index (χ1v) is 8.01. The second-order valence-electron chi connectivity index (χ2n) is 6.25. The van der Waals surface area contributed by atoms with E-state index in [-0.39, 0.29) is 11.9 Å². The summed E-state index contributed by atoms with van der Waals surface area (Å²) < 4.78 is 0. The Morgan fingerprint density at radius 2 is 1.68 bits per heavy atom. The van der Waals surface area contributed by atoms with Crippen molar-refractivity contribution >= 4 is 17.6 Å². The van der Waals surface area contributed by atoms with Gasteiger partial charge in [-0.25, -0.2) is 9.69 Å². The average molecular weight is 301 g/mol. The van der Waals surface area contributed by atoms with Crippen molar-refractivity contribution in [2.24, 2.45) is 0 Å². The molecule has 5 heteroatoms. The number of amides is 3. The quantitative estimate of drug-likeness (QED) is 0.806. The van der Waals surface area contributed by atoms with Gasteiger partial charge < -0.3 is 0 Å². The summed E-state index contributed by atoms with van der Waals surface area (Å²) in [5.74, 6) is -0.101. The molecule has 0 aromatic heterocycles. The fourth-order valence-corrected chi connectivity index (χ4v) is 3.20. The molecular weight excluding hydrogens is 278 g/mol. The molecule has 0 unspecified atom stereocenters. The Hall–Kier alpha value is -1.88. The van der Waals surface area contributed by atoms with Crippen LogP contribution in [0.3, 0.4) is 0 Å². The lowest BCUT2D eigenvalue weighted by Crippen LogP contribution is -2.44. The van der Waals surface area contributed by atoms with E-state index >= 15 is 0 Å². The summed E-state index contributed by atoms with van der Waals surface area (Å²) in [7, 11) is 0. The van der Waals surface area contributed by atoms with Crippen LogP contribution in [0.5, 0.6) is 0 Å². The van der Waals surface area contributed by atoms with Gasteiger partial charge in [-0.2, -0.15) is 0 Å². The Labute approximate surface area is 131 Å². The van der Waals surface area contributed by atoms with Gasteiger partial charge in [0, 0.05) is 5.69 Å². The molecule has 2 aliphatic rings. The van der Waals surface area contributed by atoms with Crippen molar-refractivity contribution in [3.8, 4) is 0 Å². The lowest BCUT2D eigenvalue weighted by Gasteiger charge is -2.29. The Bertz CT molecular complexity index is 564. The molecule has 3 amide bonds. The van der Waals surface area contributed by atoms with Crippen LogP contribution in [0.1, 0.15) is 31.7 Å². The van der Waals surface area contributed by atoms with E-state index in [2.05, 4.69) is 4.90 Å². The molecule has 0 bridgehead atoms. The molecule has 2 fully saturated rings. The van der Waals surface area contributed by atoms with Crippen LogP contribution in [0, 0.1) is 6.92 Å². The summed E-state index contributed by atoms with van der Waals surface area (Å²) in [6, 6.07) is 7.11. The van der Waals surface area contributed by atoms with Gasteiger partial charge in [0.1, 0.15) is 6.04 Å². The number of nitrogens with zero attached hydrogens (tertiary/aromatic N) is 3. The number of carbonyl (C=O) groups excluding carboxylic acids is 2. The topological polar surface area (TPSA) is 43.9 Å². The lowest BCUT2D eigenvalue weighted by molar-refractivity contribution is -0.128. The van der Waals surface area contributed by atoms with E-state index < -0.39 is 6.04 Å². The molecule has 1 aromatic rings. The van der Waals surface area contributed by atoms with E-state index in [4.69, 9.17) is 0 Å². The maximum absolute atomic E-state index is 12.7. The van der Waals surface area contributed by atoms with Gasteiger partial charge in [-0.3, -0.25) is 14.6 Å². The number of aryl methyl sites for hydroxylation is 1. The minimum atomic E-state index is -0.431. The molecule has 3 rings (SSSR count). The molecule has 1 atom stereocenters. The van der Waals surface area contributed by atoms with Gasteiger partial charge in [-0.05, 0) is 51.9 Å². The van der Waals surface area contributed by atoms with E-state index in [9.17, 15) is 9.59 Å². The number of hydrogen-bond donors (Lipinski definition) is 0. The smallest absolute Gasteiger partial charge is 0.286 e. The average Bonchev–Trinajstić information content (AvgIpc) is 2.73. The van der Waals surface area contributed by atoms with Crippen molar-refractivity contribution in [3.05, 3.63) is 29.8 Å². The highest BCUT2D eigenvalue weighted by Gasteiger charge is 2.43. The number of rotatable bonds is 3. The van der Waals surface area contributed by atoms with Crippen LogP contribution in [-0.2, 0) is 4.79 Å². The van der Waals surface area contributed by atoms with Crippen LogP contribution in [-0.4, -0.2) is 47.5 Å². The van der Waals surface area contributed by atoms with Crippen LogP contribution in [0.2, 0.25) is 0 Å². The van der Waals surface area contributed by atoms with Gasteiger partial charge in [-0.15, -0.1) is 0 Å². The predicted molar refractivity (Wildman–Crippen MR) is 85.7 cm³/mol. The molecule has 118 valence electrons. The first-order chi connectivity index (χ1) is 10.6. The monoisotopic (exact) mass is 301 g/mol. The lowest BCUT2D eigenvalue weighted by atomic mass is 10.1. The van der Waals surface area contributed by atoms with Crippen LogP contribution in [0.4, 0.5) is 10.5 Å². The highest BCUT2D eigenvalue weighted by atomic mass is 16.2. The molecule has 2 heterocycles. The molecule has 0 saturated carbocycles. The summed E-state index contributed by atoms with van der Waals surface area (Å²) >= 11 is 0. The van der Waals surface area contributed by atoms with Gasteiger partial charge in [0.15, 0.2) is 0 Å². The number of benzene rings is 1. The minimum absolute atomic E-state index is 0.101. The SMILES string of the molecule is Cc1ccc(N2C(=O)N(CN3CCCCC3)C(=O)[C@H]2C)cc1. The van der Waals surface area contributed by atoms with Crippen molar-refractivity contribution in [2.45, 2.75) is 39.2 Å². The molecule has 1 aromatic carbocycles. The zero-order chi connectivity index (χ0) is 15.7. The molecule has 5 nitrogen and oxygen atoms in total. The number of piperidine rings is 1. The molecule has 0 aliphatic carbocycles. The number of urea groups is 1.